The summed E-state index contributed by atoms with van der Waals surface area (Å²) in [5, 5.41) is 10.4. The molecular formula is C8H8INO3. The molecule has 0 aliphatic heterocycles. The summed E-state index contributed by atoms with van der Waals surface area (Å²) in [5.74, 6) is 0. The van der Waals surface area contributed by atoms with Gasteiger partial charge >= 0.3 is 0 Å². The second kappa shape index (κ2) is 5.13. The van der Waals surface area contributed by atoms with Crippen molar-refractivity contribution in [2.24, 2.45) is 0 Å². The Morgan fingerprint density at radius 1 is 1.54 bits per heavy atom. The third-order valence-electron chi connectivity index (χ3n) is 1.59. The summed E-state index contributed by atoms with van der Waals surface area (Å²) in [6.45, 7) is 0.571. The highest BCUT2D eigenvalue weighted by atomic mass is 127. The van der Waals surface area contributed by atoms with Crippen LogP contribution in [0.2, 0.25) is 0 Å². The number of hydrogen-bond donors (Lipinski definition) is 0. The number of nitrogens with zero attached hydrogens (tertiary/aromatic N) is 1. The molecule has 70 valence electrons. The predicted octanol–water partition coefficient (Wildman–Crippen LogP) is 2.50. The van der Waals surface area contributed by atoms with Crippen LogP contribution in [-0.4, -0.2) is 11.5 Å². The molecule has 0 radical (unpaired) electrons. The lowest BCUT2D eigenvalue weighted by atomic mass is 10.1. The molecule has 0 saturated carbocycles. The van der Waals surface area contributed by atoms with Crippen LogP contribution in [0.3, 0.4) is 0 Å². The van der Waals surface area contributed by atoms with E-state index in [1.54, 1.807) is 35.1 Å². The second-order valence-corrected chi connectivity index (χ2v) is 3.11. The van der Waals surface area contributed by atoms with Crippen molar-refractivity contribution in [1.82, 2.24) is 0 Å². The Balaban J connectivity index is 2.73. The summed E-state index contributed by atoms with van der Waals surface area (Å²) in [7, 11) is 0. The van der Waals surface area contributed by atoms with Gasteiger partial charge in [-0.25, -0.2) is 0 Å². The van der Waals surface area contributed by atoms with Crippen molar-refractivity contribution in [2.75, 3.05) is 6.61 Å². The number of nitro benzene ring substituents is 1. The van der Waals surface area contributed by atoms with Gasteiger partial charge in [-0.2, -0.15) is 0 Å². The van der Waals surface area contributed by atoms with Crippen LogP contribution >= 0.6 is 23.0 Å². The number of hydrogen-bond acceptors (Lipinski definition) is 3. The number of nitro groups is 1. The van der Waals surface area contributed by atoms with Gasteiger partial charge in [-0.15, -0.1) is 0 Å². The van der Waals surface area contributed by atoms with E-state index in [2.05, 4.69) is 0 Å². The Morgan fingerprint density at radius 3 is 2.92 bits per heavy atom. The molecular weight excluding hydrogens is 285 g/mol. The topological polar surface area (TPSA) is 52.4 Å². The van der Waals surface area contributed by atoms with Crippen molar-refractivity contribution in [2.45, 2.75) is 6.42 Å². The summed E-state index contributed by atoms with van der Waals surface area (Å²) >= 11 is 1.80. The van der Waals surface area contributed by atoms with Crippen LogP contribution in [0, 0.1) is 10.1 Å². The molecule has 1 rings (SSSR count). The van der Waals surface area contributed by atoms with Crippen LogP contribution < -0.4 is 0 Å². The third-order valence-corrected chi connectivity index (χ3v) is 2.03. The van der Waals surface area contributed by atoms with Crippen molar-refractivity contribution in [3.63, 3.8) is 0 Å². The Labute approximate surface area is 89.7 Å². The van der Waals surface area contributed by atoms with E-state index >= 15 is 0 Å². The van der Waals surface area contributed by atoms with Gasteiger partial charge in [-0.3, -0.25) is 10.1 Å². The van der Waals surface area contributed by atoms with Crippen molar-refractivity contribution in [3.8, 4) is 0 Å². The van der Waals surface area contributed by atoms with Gasteiger partial charge in [-0.05, 0) is 12.0 Å². The Bertz CT molecular complexity index is 303. The highest BCUT2D eigenvalue weighted by Crippen LogP contribution is 2.13. The summed E-state index contributed by atoms with van der Waals surface area (Å²) in [6, 6.07) is 6.58. The SMILES string of the molecule is O=[N+]([O-])c1cccc(CCOI)c1. The summed E-state index contributed by atoms with van der Waals surface area (Å²) < 4.78 is 4.85. The van der Waals surface area contributed by atoms with Gasteiger partial charge in [0.05, 0.1) is 11.5 Å². The Kier molecular flexibility index (Phi) is 4.10. The van der Waals surface area contributed by atoms with E-state index in [1.807, 2.05) is 6.07 Å². The molecule has 0 aliphatic carbocycles. The van der Waals surface area contributed by atoms with E-state index in [0.29, 0.717) is 13.0 Å². The fourth-order valence-corrected chi connectivity index (χ4v) is 1.20. The van der Waals surface area contributed by atoms with E-state index in [9.17, 15) is 10.1 Å². The molecule has 13 heavy (non-hydrogen) atoms. The fourth-order valence-electron chi connectivity index (χ4n) is 0.982. The minimum Gasteiger partial charge on any atom is -0.315 e. The molecule has 0 aliphatic rings. The minimum atomic E-state index is -0.394. The van der Waals surface area contributed by atoms with Gasteiger partial charge in [-0.1, -0.05) is 12.1 Å². The van der Waals surface area contributed by atoms with Crippen LogP contribution in [0.4, 0.5) is 5.69 Å². The van der Waals surface area contributed by atoms with Gasteiger partial charge in [0, 0.05) is 12.1 Å². The monoisotopic (exact) mass is 293 g/mol. The Hall–Kier alpha value is -0.690. The van der Waals surface area contributed by atoms with E-state index < -0.39 is 4.92 Å². The van der Waals surface area contributed by atoms with E-state index in [1.165, 1.54) is 6.07 Å². The molecule has 0 bridgehead atoms. The van der Waals surface area contributed by atoms with Gasteiger partial charge in [0.2, 0.25) is 0 Å². The average Bonchev–Trinajstić information content (AvgIpc) is 2.15. The number of halogens is 1. The van der Waals surface area contributed by atoms with Gasteiger partial charge < -0.3 is 3.07 Å². The van der Waals surface area contributed by atoms with Gasteiger partial charge in [0.15, 0.2) is 0 Å². The predicted molar refractivity (Wildman–Crippen MR) is 56.8 cm³/mol. The smallest absolute Gasteiger partial charge is 0.269 e. The number of non-ortho nitro benzene ring substituents is 1. The van der Waals surface area contributed by atoms with Crippen LogP contribution in [-0.2, 0) is 9.49 Å². The normalized spacial score (nSPS) is 9.92. The Morgan fingerprint density at radius 2 is 2.31 bits per heavy atom. The molecule has 0 saturated heterocycles. The molecule has 0 heterocycles. The lowest BCUT2D eigenvalue weighted by molar-refractivity contribution is -0.384. The fraction of sp³-hybridized carbons (Fsp3) is 0.250. The maximum atomic E-state index is 10.4. The van der Waals surface area contributed by atoms with Crippen molar-refractivity contribution >= 4 is 28.7 Å². The maximum Gasteiger partial charge on any atom is 0.269 e. The van der Waals surface area contributed by atoms with Gasteiger partial charge in [0.1, 0.15) is 23.0 Å². The van der Waals surface area contributed by atoms with Crippen LogP contribution in [0.5, 0.6) is 0 Å². The average molecular weight is 293 g/mol. The van der Waals surface area contributed by atoms with Gasteiger partial charge in [0.25, 0.3) is 5.69 Å². The van der Waals surface area contributed by atoms with E-state index in [0.717, 1.165) is 5.56 Å². The molecule has 0 amide bonds. The quantitative estimate of drug-likeness (QED) is 0.487. The van der Waals surface area contributed by atoms with Crippen LogP contribution in [0.1, 0.15) is 5.56 Å². The summed E-state index contributed by atoms with van der Waals surface area (Å²) in [4.78, 5) is 10.0. The van der Waals surface area contributed by atoms with Crippen LogP contribution in [0.25, 0.3) is 0 Å². The molecule has 4 nitrogen and oxygen atoms in total. The number of rotatable bonds is 4. The lowest BCUT2D eigenvalue weighted by Crippen LogP contribution is -1.93. The summed E-state index contributed by atoms with van der Waals surface area (Å²) in [5.41, 5.74) is 1.05. The third kappa shape index (κ3) is 3.27. The number of benzene rings is 1. The molecule has 0 aromatic heterocycles. The standard InChI is InChI=1S/C8H8INO3/c9-13-5-4-7-2-1-3-8(6-7)10(11)12/h1-3,6H,4-5H2. The van der Waals surface area contributed by atoms with Crippen molar-refractivity contribution < 1.29 is 7.99 Å². The second-order valence-electron chi connectivity index (χ2n) is 2.49. The minimum absolute atomic E-state index is 0.131. The zero-order valence-electron chi connectivity index (χ0n) is 6.77. The molecule has 1 aromatic rings. The molecule has 0 N–H and O–H groups in total. The van der Waals surface area contributed by atoms with Crippen LogP contribution in [0.15, 0.2) is 24.3 Å². The first-order valence-corrected chi connectivity index (χ1v) is 4.59. The molecule has 0 spiro atoms. The van der Waals surface area contributed by atoms with Crippen molar-refractivity contribution in [3.05, 3.63) is 39.9 Å². The van der Waals surface area contributed by atoms with E-state index in [-0.39, 0.29) is 5.69 Å². The molecule has 5 heteroatoms. The summed E-state index contributed by atoms with van der Waals surface area (Å²) in [6.07, 6.45) is 0.699. The lowest BCUT2D eigenvalue weighted by Gasteiger charge is -1.98. The van der Waals surface area contributed by atoms with E-state index in [4.69, 9.17) is 3.07 Å². The first-order chi connectivity index (χ1) is 6.24. The van der Waals surface area contributed by atoms with Crippen molar-refractivity contribution in [1.29, 1.82) is 0 Å². The first-order valence-electron chi connectivity index (χ1n) is 3.71. The highest BCUT2D eigenvalue weighted by molar-refractivity contribution is 14.1. The first kappa shape index (κ1) is 10.4. The molecule has 0 unspecified atom stereocenters. The zero-order valence-corrected chi connectivity index (χ0v) is 8.93. The molecule has 1 aromatic carbocycles. The largest absolute Gasteiger partial charge is 0.315 e. The molecule has 0 atom stereocenters. The molecule has 0 fully saturated rings. The highest BCUT2D eigenvalue weighted by Gasteiger charge is 2.04. The maximum absolute atomic E-state index is 10.4. The zero-order chi connectivity index (χ0) is 9.68.